The molecule has 94 valence electrons. The van der Waals surface area contributed by atoms with Crippen LogP contribution in [0.4, 0.5) is 4.39 Å². The second-order valence-electron chi connectivity index (χ2n) is 4.08. The van der Waals surface area contributed by atoms with Gasteiger partial charge in [-0.3, -0.25) is 4.57 Å². The van der Waals surface area contributed by atoms with Crippen LogP contribution in [0, 0.1) is 12.7 Å². The van der Waals surface area contributed by atoms with Gasteiger partial charge >= 0.3 is 5.69 Å². The highest BCUT2D eigenvalue weighted by Gasteiger charge is 2.41. The zero-order chi connectivity index (χ0) is 12.7. The summed E-state index contributed by atoms with van der Waals surface area (Å²) in [5.41, 5.74) is -0.749. The highest BCUT2D eigenvalue weighted by Crippen LogP contribution is 2.27. The predicted molar refractivity (Wildman–Crippen MR) is 54.8 cm³/mol. The van der Waals surface area contributed by atoms with Gasteiger partial charge in [-0.2, -0.15) is 4.98 Å². The molecule has 2 heterocycles. The first kappa shape index (κ1) is 12.2. The molecule has 1 fully saturated rings. The average Bonchev–Trinajstić information content (AvgIpc) is 2.51. The van der Waals surface area contributed by atoms with Crippen molar-refractivity contribution in [1.29, 1.82) is 0 Å². The van der Waals surface area contributed by atoms with Crippen molar-refractivity contribution >= 4 is 0 Å². The van der Waals surface area contributed by atoms with Crippen molar-refractivity contribution in [1.82, 2.24) is 9.55 Å². The number of aromatic nitrogens is 2. The number of ether oxygens (including phenoxy) is 1. The summed E-state index contributed by atoms with van der Waals surface area (Å²) in [5, 5.41) is 19.2. The molecule has 17 heavy (non-hydrogen) atoms. The number of rotatable bonds is 1. The van der Waals surface area contributed by atoms with Crippen molar-refractivity contribution in [3.05, 3.63) is 28.2 Å². The molecule has 1 aliphatic heterocycles. The topological polar surface area (TPSA) is 84.6 Å². The van der Waals surface area contributed by atoms with Gasteiger partial charge in [0.05, 0.1) is 11.8 Å². The van der Waals surface area contributed by atoms with Gasteiger partial charge in [-0.1, -0.05) is 0 Å². The first-order valence-electron chi connectivity index (χ1n) is 5.18. The number of hydrogen-bond acceptors (Lipinski definition) is 5. The Bertz CT molecular complexity index is 490. The summed E-state index contributed by atoms with van der Waals surface area (Å²) in [6.45, 7) is 2.92. The zero-order valence-electron chi connectivity index (χ0n) is 9.37. The number of aryl methyl sites for hydroxylation is 1. The van der Waals surface area contributed by atoms with Gasteiger partial charge in [-0.05, 0) is 13.8 Å². The second-order valence-corrected chi connectivity index (χ2v) is 4.08. The smallest absolute Gasteiger partial charge is 0.350 e. The minimum absolute atomic E-state index is 0.0210. The molecule has 1 unspecified atom stereocenters. The van der Waals surface area contributed by atoms with Crippen LogP contribution in [0.3, 0.4) is 0 Å². The van der Waals surface area contributed by atoms with Gasteiger partial charge in [-0.15, -0.1) is 0 Å². The normalized spacial score (nSPS) is 33.0. The second kappa shape index (κ2) is 4.17. The predicted octanol–water partition coefficient (Wildman–Crippen LogP) is -0.670. The van der Waals surface area contributed by atoms with Crippen LogP contribution in [-0.2, 0) is 4.74 Å². The molecule has 0 bridgehead atoms. The minimum Gasteiger partial charge on any atom is -0.388 e. The van der Waals surface area contributed by atoms with Gasteiger partial charge in [0.15, 0.2) is 12.0 Å². The highest BCUT2D eigenvalue weighted by molar-refractivity contribution is 5.01. The van der Waals surface area contributed by atoms with Crippen molar-refractivity contribution in [2.24, 2.45) is 0 Å². The number of aliphatic hydroxyl groups excluding tert-OH is 2. The molecule has 0 amide bonds. The van der Waals surface area contributed by atoms with E-state index in [-0.39, 0.29) is 5.69 Å². The molecule has 0 radical (unpaired) electrons. The largest absolute Gasteiger partial charge is 0.388 e. The first-order chi connectivity index (χ1) is 7.91. The van der Waals surface area contributed by atoms with E-state index >= 15 is 0 Å². The van der Waals surface area contributed by atoms with Crippen LogP contribution in [0.1, 0.15) is 18.8 Å². The van der Waals surface area contributed by atoms with Crippen molar-refractivity contribution in [3.63, 3.8) is 0 Å². The number of hydrogen-bond donors (Lipinski definition) is 2. The van der Waals surface area contributed by atoms with E-state index in [1.165, 1.54) is 6.92 Å². The molecule has 1 aliphatic rings. The van der Waals surface area contributed by atoms with Crippen molar-refractivity contribution in [2.45, 2.75) is 38.4 Å². The number of nitrogens with zero attached hydrogens (tertiary/aromatic N) is 2. The molecule has 1 saturated heterocycles. The molecule has 6 nitrogen and oxygen atoms in total. The fourth-order valence-electron chi connectivity index (χ4n) is 1.77. The molecule has 4 atom stereocenters. The van der Waals surface area contributed by atoms with Crippen molar-refractivity contribution in [2.75, 3.05) is 0 Å². The van der Waals surface area contributed by atoms with Crippen LogP contribution in [0.15, 0.2) is 11.0 Å². The molecule has 0 saturated carbocycles. The van der Waals surface area contributed by atoms with Crippen LogP contribution in [0.5, 0.6) is 0 Å². The van der Waals surface area contributed by atoms with Gasteiger partial charge in [0.25, 0.3) is 0 Å². The maximum absolute atomic E-state index is 13.3. The molecule has 1 aromatic heterocycles. The van der Waals surface area contributed by atoms with Crippen LogP contribution in [0.25, 0.3) is 0 Å². The quantitative estimate of drug-likeness (QED) is 0.684. The fraction of sp³-hybridized carbons (Fsp3) is 0.600. The Morgan fingerprint density at radius 1 is 1.47 bits per heavy atom. The van der Waals surface area contributed by atoms with Crippen LogP contribution >= 0.6 is 0 Å². The highest BCUT2D eigenvalue weighted by atomic mass is 19.1. The third-order valence-electron chi connectivity index (χ3n) is 2.83. The Morgan fingerprint density at radius 2 is 2.12 bits per heavy atom. The number of halogens is 1. The van der Waals surface area contributed by atoms with E-state index in [2.05, 4.69) is 4.98 Å². The van der Waals surface area contributed by atoms with Gasteiger partial charge in [0.2, 0.25) is 0 Å². The van der Waals surface area contributed by atoms with Gasteiger partial charge in [-0.25, -0.2) is 9.18 Å². The van der Waals surface area contributed by atoms with Crippen molar-refractivity contribution < 1.29 is 19.3 Å². The lowest BCUT2D eigenvalue weighted by molar-refractivity contribution is -0.0356. The molecule has 0 aliphatic carbocycles. The van der Waals surface area contributed by atoms with Gasteiger partial charge in [0.1, 0.15) is 12.2 Å². The minimum atomic E-state index is -1.29. The van der Waals surface area contributed by atoms with Crippen LogP contribution in [-0.4, -0.2) is 38.1 Å². The van der Waals surface area contributed by atoms with E-state index in [9.17, 15) is 19.4 Å². The lowest BCUT2D eigenvalue weighted by Gasteiger charge is -2.17. The average molecular weight is 244 g/mol. The van der Waals surface area contributed by atoms with Crippen LogP contribution in [0.2, 0.25) is 0 Å². The van der Waals surface area contributed by atoms with Gasteiger partial charge in [0, 0.05) is 6.20 Å². The lowest BCUT2D eigenvalue weighted by Crippen LogP contribution is -2.35. The standard InChI is InChI=1S/C10H13FN2O4/c1-4-6(11)3-13(10(16)12-4)9-8(15)7(14)5(2)17-9/h3,5,7-9,14-15H,1-2H3/t5-,7?,8+,9-/m1/s1. The lowest BCUT2D eigenvalue weighted by atomic mass is 10.1. The van der Waals surface area contributed by atoms with Gasteiger partial charge < -0.3 is 14.9 Å². The summed E-state index contributed by atoms with van der Waals surface area (Å²) >= 11 is 0. The summed E-state index contributed by atoms with van der Waals surface area (Å²) in [6.07, 6.45) is -3.23. The maximum atomic E-state index is 13.3. The molecule has 2 N–H and O–H groups in total. The molecule has 7 heteroatoms. The summed E-state index contributed by atoms with van der Waals surface area (Å²) in [5.74, 6) is -0.672. The first-order valence-corrected chi connectivity index (χ1v) is 5.18. The van der Waals surface area contributed by atoms with E-state index in [4.69, 9.17) is 4.74 Å². The number of aliphatic hydroxyl groups is 2. The molecule has 1 aromatic rings. The van der Waals surface area contributed by atoms with E-state index in [1.54, 1.807) is 6.92 Å². The SMILES string of the molecule is Cc1nc(=O)n([C@@H]2O[C@H](C)C(O)[C@@H]2O)cc1F. The monoisotopic (exact) mass is 244 g/mol. The summed E-state index contributed by atoms with van der Waals surface area (Å²) in [7, 11) is 0. The Labute approximate surface area is 96.3 Å². The third-order valence-corrected chi connectivity index (χ3v) is 2.83. The molecular formula is C10H13FN2O4. The molecule has 2 rings (SSSR count). The Kier molecular flexibility index (Phi) is 2.98. The maximum Gasteiger partial charge on any atom is 0.350 e. The summed E-state index contributed by atoms with van der Waals surface area (Å²) in [4.78, 5) is 15.0. The van der Waals surface area contributed by atoms with E-state index in [0.717, 1.165) is 10.8 Å². The molecular weight excluding hydrogens is 231 g/mol. The van der Waals surface area contributed by atoms with E-state index < -0.39 is 36.0 Å². The van der Waals surface area contributed by atoms with Crippen molar-refractivity contribution in [3.8, 4) is 0 Å². The summed E-state index contributed by atoms with van der Waals surface area (Å²) in [6, 6.07) is 0. The van der Waals surface area contributed by atoms with E-state index in [1.807, 2.05) is 0 Å². The molecule has 0 spiro atoms. The Hall–Kier alpha value is -1.31. The van der Waals surface area contributed by atoms with Crippen LogP contribution < -0.4 is 5.69 Å². The Morgan fingerprint density at radius 3 is 2.65 bits per heavy atom. The fourth-order valence-corrected chi connectivity index (χ4v) is 1.77. The Balaban J connectivity index is 2.42. The molecule has 0 aromatic carbocycles. The van der Waals surface area contributed by atoms with E-state index in [0.29, 0.717) is 0 Å². The zero-order valence-corrected chi connectivity index (χ0v) is 9.37. The summed E-state index contributed by atoms with van der Waals surface area (Å²) < 4.78 is 19.4. The third kappa shape index (κ3) is 1.97.